The summed E-state index contributed by atoms with van der Waals surface area (Å²) in [5.74, 6) is 0. The molecule has 0 saturated heterocycles. The van der Waals surface area contributed by atoms with Crippen molar-refractivity contribution in [2.24, 2.45) is 0 Å². The molecule has 1 aliphatic rings. The Labute approximate surface area is 347 Å². The highest BCUT2D eigenvalue weighted by Crippen LogP contribution is 2.46. The van der Waals surface area contributed by atoms with E-state index in [1.54, 1.807) is 0 Å². The Kier molecular flexibility index (Phi) is 9.56. The molecule has 282 valence electrons. The molecule has 0 spiro atoms. The molecule has 0 bridgehead atoms. The highest BCUT2D eigenvalue weighted by atomic mass is 15.2. The van der Waals surface area contributed by atoms with Crippen LogP contribution in [-0.4, -0.2) is 6.04 Å². The third-order valence-electron chi connectivity index (χ3n) is 12.0. The van der Waals surface area contributed by atoms with Crippen molar-refractivity contribution in [3.05, 3.63) is 225 Å². The Hall–Kier alpha value is -7.22. The zero-order chi connectivity index (χ0) is 39.7. The fourth-order valence-corrected chi connectivity index (χ4v) is 9.43. The number of rotatable bonds is 9. The van der Waals surface area contributed by atoms with E-state index < -0.39 is 0 Å². The molecule has 9 aromatic rings. The molecule has 0 radical (unpaired) electrons. The summed E-state index contributed by atoms with van der Waals surface area (Å²) in [4.78, 5) is 2.42. The Morgan fingerprint density at radius 2 is 0.814 bits per heavy atom. The van der Waals surface area contributed by atoms with Gasteiger partial charge in [0.1, 0.15) is 0 Å². The molecule has 1 aliphatic carbocycles. The predicted molar refractivity (Wildman–Crippen MR) is 257 cm³/mol. The monoisotopic (exact) mass is 755 g/mol. The maximum absolute atomic E-state index is 3.98. The number of hydrogen-bond acceptors (Lipinski definition) is 1. The molecule has 0 amide bonds. The minimum absolute atomic E-state index is 0.0780. The highest BCUT2D eigenvalue weighted by Gasteiger charge is 2.21. The van der Waals surface area contributed by atoms with Crippen LogP contribution in [0.5, 0.6) is 0 Å². The Morgan fingerprint density at radius 3 is 1.19 bits per heavy atom. The number of anilines is 2. The van der Waals surface area contributed by atoms with Crippen molar-refractivity contribution in [2.45, 2.75) is 25.8 Å². The topological polar surface area (TPSA) is 3.24 Å². The van der Waals surface area contributed by atoms with Gasteiger partial charge in [-0.1, -0.05) is 195 Å². The van der Waals surface area contributed by atoms with Gasteiger partial charge in [0.25, 0.3) is 0 Å². The van der Waals surface area contributed by atoms with Crippen LogP contribution in [0, 0.1) is 0 Å². The molecule has 1 heteroatoms. The third kappa shape index (κ3) is 6.46. The molecule has 0 N–H and O–H groups in total. The maximum atomic E-state index is 3.98. The largest absolute Gasteiger partial charge is 0.335 e. The van der Waals surface area contributed by atoms with Gasteiger partial charge in [-0.25, -0.2) is 0 Å². The first-order valence-electron chi connectivity index (χ1n) is 20.8. The molecule has 10 rings (SSSR count). The van der Waals surface area contributed by atoms with Crippen LogP contribution in [0.4, 0.5) is 11.4 Å². The highest BCUT2D eigenvalue weighted by molar-refractivity contribution is 6.22. The van der Waals surface area contributed by atoms with Crippen molar-refractivity contribution < 1.29 is 0 Å². The van der Waals surface area contributed by atoms with Crippen molar-refractivity contribution in [2.75, 3.05) is 4.90 Å². The number of fused-ring (bicyclic) bond motifs is 4. The second-order valence-electron chi connectivity index (χ2n) is 15.5. The lowest BCUT2D eigenvalue weighted by Gasteiger charge is -2.30. The Morgan fingerprint density at radius 1 is 0.441 bits per heavy atom. The lowest BCUT2D eigenvalue weighted by Crippen LogP contribution is -2.26. The summed E-state index contributed by atoms with van der Waals surface area (Å²) < 4.78 is 0. The standard InChI is InChI=1S/C58H45N/c1-3-4-19-40(2)59(45-36-32-43(33-37-45)57-51-28-15-11-24-47(51)55(41-20-7-5-8-21-41)48-25-12-16-29-52(48)57)46-38-34-44(35-39-46)58-53-30-17-13-26-49(53)56(42-22-9-6-10-23-42)50-27-14-18-31-54(50)58/h3-5,7-9,11-40H,1,6,10H2,2H3/b19-4-. The van der Waals surface area contributed by atoms with E-state index in [1.165, 1.54) is 87.6 Å². The lowest BCUT2D eigenvalue weighted by atomic mass is 9.84. The van der Waals surface area contributed by atoms with Crippen LogP contribution in [0.15, 0.2) is 219 Å². The SMILES string of the molecule is C=C/C=C\C(C)N(c1ccc(-c2c3ccccc3c(C3=CCCC=C3)c3ccccc23)cc1)c1ccc(-c2c3ccccc3c(-c3ccccc3)c3ccccc23)cc1. The van der Waals surface area contributed by atoms with Crippen molar-refractivity contribution in [1.82, 2.24) is 0 Å². The first kappa shape index (κ1) is 36.1. The summed E-state index contributed by atoms with van der Waals surface area (Å²) in [5, 5.41) is 10.2. The molecule has 1 nitrogen and oxygen atoms in total. The molecule has 0 heterocycles. The van der Waals surface area contributed by atoms with Crippen LogP contribution >= 0.6 is 0 Å². The Balaban J connectivity index is 1.08. The van der Waals surface area contributed by atoms with Gasteiger partial charge in [-0.05, 0) is 132 Å². The van der Waals surface area contributed by atoms with Crippen LogP contribution in [0.25, 0.3) is 82.0 Å². The van der Waals surface area contributed by atoms with Crippen LogP contribution in [-0.2, 0) is 0 Å². The van der Waals surface area contributed by atoms with Gasteiger partial charge in [-0.2, -0.15) is 0 Å². The van der Waals surface area contributed by atoms with E-state index in [2.05, 4.69) is 219 Å². The van der Waals surface area contributed by atoms with E-state index >= 15 is 0 Å². The van der Waals surface area contributed by atoms with Crippen molar-refractivity contribution >= 4 is 60.0 Å². The van der Waals surface area contributed by atoms with Gasteiger partial charge in [-0.15, -0.1) is 0 Å². The molecule has 0 aliphatic heterocycles. The van der Waals surface area contributed by atoms with Crippen LogP contribution in [0.3, 0.4) is 0 Å². The smallest absolute Gasteiger partial charge is 0.0497 e. The zero-order valence-electron chi connectivity index (χ0n) is 33.4. The fourth-order valence-electron chi connectivity index (χ4n) is 9.43. The second kappa shape index (κ2) is 15.6. The van der Waals surface area contributed by atoms with E-state index in [9.17, 15) is 0 Å². The summed E-state index contributed by atoms with van der Waals surface area (Å²) in [6.45, 7) is 6.23. The summed E-state index contributed by atoms with van der Waals surface area (Å²) in [5.41, 5.74) is 12.4. The number of benzene rings is 9. The molecule has 1 atom stereocenters. The van der Waals surface area contributed by atoms with E-state index in [-0.39, 0.29) is 6.04 Å². The predicted octanol–water partition coefficient (Wildman–Crippen LogP) is 16.3. The summed E-state index contributed by atoms with van der Waals surface area (Å²) >= 11 is 0. The summed E-state index contributed by atoms with van der Waals surface area (Å²) in [7, 11) is 0. The lowest BCUT2D eigenvalue weighted by molar-refractivity contribution is 0.864. The average Bonchev–Trinajstić information content (AvgIpc) is 3.30. The number of hydrogen-bond donors (Lipinski definition) is 0. The molecule has 59 heavy (non-hydrogen) atoms. The zero-order valence-corrected chi connectivity index (χ0v) is 33.4. The maximum Gasteiger partial charge on any atom is 0.0497 e. The minimum Gasteiger partial charge on any atom is -0.335 e. The van der Waals surface area contributed by atoms with Gasteiger partial charge < -0.3 is 4.90 Å². The minimum atomic E-state index is 0.0780. The molecule has 1 unspecified atom stereocenters. The van der Waals surface area contributed by atoms with Gasteiger partial charge >= 0.3 is 0 Å². The number of allylic oxidation sites excluding steroid dienone is 6. The van der Waals surface area contributed by atoms with Crippen LogP contribution in [0.2, 0.25) is 0 Å². The van der Waals surface area contributed by atoms with E-state index in [4.69, 9.17) is 0 Å². The normalized spacial score (nSPS) is 13.3. The first-order chi connectivity index (χ1) is 29.2. The third-order valence-corrected chi connectivity index (χ3v) is 12.0. The van der Waals surface area contributed by atoms with Gasteiger partial charge in [-0.3, -0.25) is 0 Å². The van der Waals surface area contributed by atoms with Gasteiger partial charge in [0, 0.05) is 17.4 Å². The van der Waals surface area contributed by atoms with Gasteiger partial charge in [0.15, 0.2) is 0 Å². The van der Waals surface area contributed by atoms with Gasteiger partial charge in [0.05, 0.1) is 0 Å². The van der Waals surface area contributed by atoms with Crippen molar-refractivity contribution in [3.63, 3.8) is 0 Å². The summed E-state index contributed by atoms with van der Waals surface area (Å²) in [6.07, 6.45) is 15.3. The average molecular weight is 756 g/mol. The van der Waals surface area contributed by atoms with E-state index in [0.29, 0.717) is 0 Å². The molecular weight excluding hydrogens is 711 g/mol. The summed E-state index contributed by atoms with van der Waals surface area (Å²) in [6, 6.07) is 64.8. The first-order valence-corrected chi connectivity index (χ1v) is 20.8. The van der Waals surface area contributed by atoms with Crippen LogP contribution in [0.1, 0.15) is 25.3 Å². The van der Waals surface area contributed by atoms with E-state index in [1.807, 2.05) is 12.2 Å². The second-order valence-corrected chi connectivity index (χ2v) is 15.5. The molecule has 0 aromatic heterocycles. The van der Waals surface area contributed by atoms with E-state index in [0.717, 1.165) is 24.2 Å². The fraction of sp³-hybridized carbons (Fsp3) is 0.0690. The van der Waals surface area contributed by atoms with Crippen LogP contribution < -0.4 is 4.90 Å². The molecular formula is C58H45N. The molecule has 0 saturated carbocycles. The van der Waals surface area contributed by atoms with Crippen molar-refractivity contribution in [1.29, 1.82) is 0 Å². The van der Waals surface area contributed by atoms with Gasteiger partial charge in [0.2, 0.25) is 0 Å². The quantitative estimate of drug-likeness (QED) is 0.105. The number of nitrogens with zero attached hydrogens (tertiary/aromatic N) is 1. The Bertz CT molecular complexity index is 2990. The molecule has 0 fully saturated rings. The molecule has 9 aromatic carbocycles. The van der Waals surface area contributed by atoms with Crippen molar-refractivity contribution in [3.8, 4) is 33.4 Å².